The second kappa shape index (κ2) is 11.3. The lowest BCUT2D eigenvalue weighted by molar-refractivity contribution is -0.0926. The Morgan fingerprint density at radius 3 is 1.08 bits per heavy atom. The summed E-state index contributed by atoms with van der Waals surface area (Å²) >= 11 is 0. The minimum absolute atomic E-state index is 0.740. The van der Waals surface area contributed by atoms with Crippen LogP contribution in [0, 0.1) is 22.7 Å². The molecule has 1 aliphatic carbocycles. The van der Waals surface area contributed by atoms with Crippen molar-refractivity contribution in [1.82, 2.24) is 34.3 Å². The van der Waals surface area contributed by atoms with Gasteiger partial charge in [0.25, 0.3) is 0 Å². The van der Waals surface area contributed by atoms with Crippen molar-refractivity contribution in [2.45, 2.75) is 44.2 Å². The number of hydrogen-bond acceptors (Lipinski definition) is 7. The van der Waals surface area contributed by atoms with E-state index in [2.05, 4.69) is 83.6 Å². The van der Waals surface area contributed by atoms with E-state index in [1.807, 2.05) is 0 Å². The summed E-state index contributed by atoms with van der Waals surface area (Å²) in [5, 5.41) is 0. The van der Waals surface area contributed by atoms with Crippen molar-refractivity contribution >= 4 is 0 Å². The molecule has 2 spiro atoms. The molecule has 8 rings (SSSR count). The predicted octanol–water partition coefficient (Wildman–Crippen LogP) is 1.47. The molecule has 0 radical (unpaired) electrons. The number of nitrogens with zero attached hydrogens (tertiary/aromatic N) is 7. The molecule has 7 heterocycles. The van der Waals surface area contributed by atoms with Gasteiger partial charge in [0.05, 0.1) is 0 Å². The second-order valence-corrected chi connectivity index (χ2v) is 15.1. The van der Waals surface area contributed by atoms with Crippen LogP contribution in [-0.2, 0) is 0 Å². The molecule has 0 aromatic rings. The molecule has 2 bridgehead atoms. The van der Waals surface area contributed by atoms with Gasteiger partial charge in [0.1, 0.15) is 0 Å². The second-order valence-electron chi connectivity index (χ2n) is 15.1. The van der Waals surface area contributed by atoms with Crippen molar-refractivity contribution in [3.63, 3.8) is 0 Å². The molecule has 7 aliphatic heterocycles. The fourth-order valence-corrected chi connectivity index (χ4v) is 9.28. The van der Waals surface area contributed by atoms with E-state index < -0.39 is 0 Å². The largest absolute Gasteiger partial charge is 0.306 e. The zero-order valence-electron chi connectivity index (χ0n) is 25.5. The third-order valence-electron chi connectivity index (χ3n) is 10.9. The lowest BCUT2D eigenvalue weighted by Crippen LogP contribution is -2.70. The molecule has 0 aromatic carbocycles. The summed E-state index contributed by atoms with van der Waals surface area (Å²) in [7, 11) is 15.6. The highest BCUT2D eigenvalue weighted by atomic mass is 15.3. The van der Waals surface area contributed by atoms with Crippen LogP contribution in [0.4, 0.5) is 0 Å². The molecule has 7 saturated heterocycles. The Balaban J connectivity index is 0.000000101. The molecule has 2 unspecified atom stereocenters. The average molecular weight is 518 g/mol. The highest BCUT2D eigenvalue weighted by Gasteiger charge is 2.48. The lowest BCUT2D eigenvalue weighted by Gasteiger charge is -2.58. The smallest absolute Gasteiger partial charge is 0.0224 e. The Hall–Kier alpha value is -0.280. The van der Waals surface area contributed by atoms with E-state index >= 15 is 0 Å². The van der Waals surface area contributed by atoms with Crippen LogP contribution in [0.3, 0.4) is 0 Å². The summed E-state index contributed by atoms with van der Waals surface area (Å²) in [6.07, 6.45) is 7.36. The van der Waals surface area contributed by atoms with E-state index in [0.717, 1.165) is 34.7 Å². The van der Waals surface area contributed by atoms with E-state index in [1.165, 1.54) is 111 Å². The topological polar surface area (TPSA) is 22.7 Å². The minimum atomic E-state index is 0.740. The molecule has 8 aliphatic rings. The average Bonchev–Trinajstić information content (AvgIpc) is 3.30. The summed E-state index contributed by atoms with van der Waals surface area (Å²) in [6, 6.07) is 1.73. The lowest BCUT2D eigenvalue weighted by atomic mass is 9.64. The highest BCUT2D eigenvalue weighted by Crippen LogP contribution is 2.47. The van der Waals surface area contributed by atoms with E-state index in [-0.39, 0.29) is 0 Å². The van der Waals surface area contributed by atoms with E-state index in [9.17, 15) is 0 Å². The van der Waals surface area contributed by atoms with E-state index in [4.69, 9.17) is 0 Å². The van der Waals surface area contributed by atoms with Gasteiger partial charge in [-0.3, -0.25) is 4.90 Å². The molecule has 214 valence electrons. The molecular formula is C30H59N7. The first-order valence-electron chi connectivity index (χ1n) is 15.4. The monoisotopic (exact) mass is 517 g/mol. The number of rotatable bonds is 0. The maximum Gasteiger partial charge on any atom is 0.0224 e. The minimum Gasteiger partial charge on any atom is -0.306 e. The number of hydrogen-bond donors (Lipinski definition) is 0. The summed E-state index contributed by atoms with van der Waals surface area (Å²) in [5.41, 5.74) is 1.58. The molecule has 8 fully saturated rings. The van der Waals surface area contributed by atoms with Crippen LogP contribution < -0.4 is 0 Å². The summed E-state index contributed by atoms with van der Waals surface area (Å²) < 4.78 is 0. The standard InChI is InChI=1S/2C8H16N2.C7H14N2.C7H13N/c1-9-3-7-5-10(2)6-8(7)4-9;1-9-5-7-3-4-8(6-9)10(7)2;1-8-3-7(4-8)5-9(2)6-7;1-8-5-7(6-8)3-2-4-7/h2*7-8H,3-6H2,1-2H3;3-6H2,1-2H3;2-6H2,1H3. The number of piperazine rings is 1. The first kappa shape index (κ1) is 28.3. The maximum atomic E-state index is 2.56. The summed E-state index contributed by atoms with van der Waals surface area (Å²) in [5.74, 6) is 1.96. The molecule has 0 aromatic heterocycles. The molecule has 0 N–H and O–H groups in total. The Labute approximate surface area is 229 Å². The Bertz CT molecular complexity index is 675. The van der Waals surface area contributed by atoms with E-state index in [1.54, 1.807) is 0 Å². The zero-order valence-corrected chi connectivity index (χ0v) is 25.5. The third-order valence-corrected chi connectivity index (χ3v) is 10.9. The van der Waals surface area contributed by atoms with Gasteiger partial charge in [-0.05, 0) is 92.3 Å². The van der Waals surface area contributed by atoms with Crippen LogP contribution in [0.2, 0.25) is 0 Å². The molecular weight excluding hydrogens is 458 g/mol. The van der Waals surface area contributed by atoms with Crippen molar-refractivity contribution in [2.75, 3.05) is 128 Å². The molecule has 37 heavy (non-hydrogen) atoms. The van der Waals surface area contributed by atoms with Gasteiger partial charge in [0.15, 0.2) is 0 Å². The Morgan fingerprint density at radius 1 is 0.432 bits per heavy atom. The van der Waals surface area contributed by atoms with Gasteiger partial charge in [0.2, 0.25) is 0 Å². The Morgan fingerprint density at radius 2 is 0.784 bits per heavy atom. The van der Waals surface area contributed by atoms with Crippen LogP contribution >= 0.6 is 0 Å². The van der Waals surface area contributed by atoms with Gasteiger partial charge in [-0.1, -0.05) is 6.42 Å². The number of fused-ring (bicyclic) bond motifs is 3. The first-order chi connectivity index (χ1) is 17.5. The van der Waals surface area contributed by atoms with Crippen LogP contribution in [0.25, 0.3) is 0 Å². The predicted molar refractivity (Wildman–Crippen MR) is 155 cm³/mol. The highest BCUT2D eigenvalue weighted by molar-refractivity contribution is 5.03. The fraction of sp³-hybridized carbons (Fsp3) is 1.00. The van der Waals surface area contributed by atoms with Gasteiger partial charge >= 0.3 is 0 Å². The van der Waals surface area contributed by atoms with Crippen LogP contribution in [-0.4, -0.2) is 174 Å². The first-order valence-corrected chi connectivity index (χ1v) is 15.4. The number of likely N-dealkylation sites (N-methyl/N-ethyl adjacent to an activating group) is 2. The van der Waals surface area contributed by atoms with Crippen molar-refractivity contribution in [3.8, 4) is 0 Å². The maximum absolute atomic E-state index is 2.56. The summed E-state index contributed by atoms with van der Waals surface area (Å²) in [4.78, 5) is 17.1. The molecule has 1 saturated carbocycles. The zero-order chi connectivity index (χ0) is 26.4. The SMILES string of the molecule is CN1CC2(C1)CN(C)C2.CN1CC2(CCC2)C1.CN1CC2CCC(C1)N2C.CN1CC2CN(C)CC2C1. The van der Waals surface area contributed by atoms with Gasteiger partial charge < -0.3 is 29.4 Å². The molecule has 0 amide bonds. The normalized spacial score (nSPS) is 38.7. The van der Waals surface area contributed by atoms with Gasteiger partial charge in [0, 0.05) is 96.0 Å². The van der Waals surface area contributed by atoms with Gasteiger partial charge in [-0.15, -0.1) is 0 Å². The van der Waals surface area contributed by atoms with Crippen molar-refractivity contribution < 1.29 is 0 Å². The van der Waals surface area contributed by atoms with Crippen LogP contribution in [0.15, 0.2) is 0 Å². The molecule has 7 heteroatoms. The van der Waals surface area contributed by atoms with Gasteiger partial charge in [-0.2, -0.15) is 0 Å². The van der Waals surface area contributed by atoms with Crippen molar-refractivity contribution in [2.24, 2.45) is 22.7 Å². The fourth-order valence-electron chi connectivity index (χ4n) is 9.28. The van der Waals surface area contributed by atoms with Gasteiger partial charge in [-0.25, -0.2) is 0 Å². The van der Waals surface area contributed by atoms with E-state index in [0.29, 0.717) is 0 Å². The molecule has 2 atom stereocenters. The Kier molecular flexibility index (Phi) is 8.63. The van der Waals surface area contributed by atoms with Crippen LogP contribution in [0.1, 0.15) is 32.1 Å². The van der Waals surface area contributed by atoms with Crippen LogP contribution in [0.5, 0.6) is 0 Å². The summed E-state index contributed by atoms with van der Waals surface area (Å²) in [6.45, 7) is 16.0. The quantitative estimate of drug-likeness (QED) is 0.479. The number of likely N-dealkylation sites (tertiary alicyclic amines) is 6. The van der Waals surface area contributed by atoms with Crippen molar-refractivity contribution in [1.29, 1.82) is 0 Å². The van der Waals surface area contributed by atoms with Crippen molar-refractivity contribution in [3.05, 3.63) is 0 Å². The molecule has 7 nitrogen and oxygen atoms in total. The third kappa shape index (κ3) is 6.55.